The Balaban J connectivity index is 1.90. The highest BCUT2D eigenvalue weighted by Gasteiger charge is 2.39. The van der Waals surface area contributed by atoms with Crippen LogP contribution in [0.25, 0.3) is 0 Å². The lowest BCUT2D eigenvalue weighted by Gasteiger charge is -2.31. The van der Waals surface area contributed by atoms with E-state index in [4.69, 9.17) is 0 Å². The van der Waals surface area contributed by atoms with Crippen LogP contribution >= 0.6 is 0 Å². The first-order valence-corrected chi connectivity index (χ1v) is 8.65. The lowest BCUT2D eigenvalue weighted by molar-refractivity contribution is -0.135. The maximum absolute atomic E-state index is 13.3. The highest BCUT2D eigenvalue weighted by molar-refractivity contribution is 5.84. The van der Waals surface area contributed by atoms with Crippen LogP contribution in [0.3, 0.4) is 0 Å². The predicted molar refractivity (Wildman–Crippen MR) is 93.6 cm³/mol. The third-order valence-corrected chi connectivity index (χ3v) is 5.10. The van der Waals surface area contributed by atoms with Gasteiger partial charge in [0.25, 0.3) is 0 Å². The minimum Gasteiger partial charge on any atom is -0.331 e. The fourth-order valence-electron chi connectivity index (χ4n) is 3.57. The second kappa shape index (κ2) is 6.38. The summed E-state index contributed by atoms with van der Waals surface area (Å²) in [5, 5.41) is 4.47. The first-order valence-electron chi connectivity index (χ1n) is 8.65. The molecule has 24 heavy (non-hydrogen) atoms. The van der Waals surface area contributed by atoms with E-state index < -0.39 is 0 Å². The van der Waals surface area contributed by atoms with Gasteiger partial charge in [0, 0.05) is 30.5 Å². The SMILES string of the molecule is Cc1nn(C)c(C)c1[C@H](C)C(=O)N(C1CC1)[C@H](C)c1ccccn1. The van der Waals surface area contributed by atoms with Crippen molar-refractivity contribution in [3.8, 4) is 0 Å². The van der Waals surface area contributed by atoms with Crippen LogP contribution in [0.15, 0.2) is 24.4 Å². The number of carbonyl (C=O) groups is 1. The van der Waals surface area contributed by atoms with Gasteiger partial charge < -0.3 is 4.90 Å². The van der Waals surface area contributed by atoms with Gasteiger partial charge in [-0.25, -0.2) is 0 Å². The van der Waals surface area contributed by atoms with Crippen LogP contribution in [-0.4, -0.2) is 31.6 Å². The summed E-state index contributed by atoms with van der Waals surface area (Å²) >= 11 is 0. The van der Waals surface area contributed by atoms with E-state index in [1.807, 2.05) is 55.6 Å². The molecule has 5 nitrogen and oxygen atoms in total. The van der Waals surface area contributed by atoms with Crippen LogP contribution in [0.2, 0.25) is 0 Å². The third-order valence-electron chi connectivity index (χ3n) is 5.10. The van der Waals surface area contributed by atoms with Crippen LogP contribution in [0.1, 0.15) is 61.3 Å². The first-order chi connectivity index (χ1) is 11.4. The number of rotatable bonds is 5. The van der Waals surface area contributed by atoms with Crippen LogP contribution < -0.4 is 0 Å². The fourth-order valence-corrected chi connectivity index (χ4v) is 3.57. The first kappa shape index (κ1) is 16.7. The smallest absolute Gasteiger partial charge is 0.230 e. The fraction of sp³-hybridized carbons (Fsp3) is 0.526. The molecule has 0 aromatic carbocycles. The van der Waals surface area contributed by atoms with E-state index >= 15 is 0 Å². The van der Waals surface area contributed by atoms with E-state index in [-0.39, 0.29) is 17.9 Å². The lowest BCUT2D eigenvalue weighted by Crippen LogP contribution is -2.38. The largest absolute Gasteiger partial charge is 0.331 e. The Labute approximate surface area is 143 Å². The number of hydrogen-bond donors (Lipinski definition) is 0. The minimum atomic E-state index is -0.189. The molecule has 1 aliphatic rings. The van der Waals surface area contributed by atoms with Gasteiger partial charge in [-0.15, -0.1) is 0 Å². The Hall–Kier alpha value is -2.17. The second-order valence-corrected chi connectivity index (χ2v) is 6.84. The van der Waals surface area contributed by atoms with Crippen LogP contribution in [0, 0.1) is 13.8 Å². The van der Waals surface area contributed by atoms with Gasteiger partial charge in [-0.1, -0.05) is 6.07 Å². The van der Waals surface area contributed by atoms with Gasteiger partial charge in [0.05, 0.1) is 23.3 Å². The molecule has 0 saturated heterocycles. The second-order valence-electron chi connectivity index (χ2n) is 6.84. The average molecular weight is 326 g/mol. The molecule has 2 aromatic heterocycles. The van der Waals surface area contributed by atoms with Crippen molar-refractivity contribution in [1.29, 1.82) is 0 Å². The zero-order valence-electron chi connectivity index (χ0n) is 15.2. The number of aromatic nitrogens is 3. The molecule has 3 rings (SSSR count). The molecule has 5 heteroatoms. The summed E-state index contributed by atoms with van der Waals surface area (Å²) in [6.07, 6.45) is 3.96. The summed E-state index contributed by atoms with van der Waals surface area (Å²) in [7, 11) is 1.93. The van der Waals surface area contributed by atoms with Crippen molar-refractivity contribution in [2.75, 3.05) is 0 Å². The molecule has 1 saturated carbocycles. The summed E-state index contributed by atoms with van der Waals surface area (Å²) < 4.78 is 1.86. The van der Waals surface area contributed by atoms with E-state index in [0.717, 1.165) is 35.5 Å². The van der Waals surface area contributed by atoms with Gasteiger partial charge in [-0.3, -0.25) is 14.5 Å². The molecule has 1 fully saturated rings. The number of hydrogen-bond acceptors (Lipinski definition) is 3. The zero-order valence-corrected chi connectivity index (χ0v) is 15.2. The van der Waals surface area contributed by atoms with Crippen molar-refractivity contribution in [1.82, 2.24) is 19.7 Å². The minimum absolute atomic E-state index is 0.00839. The van der Waals surface area contributed by atoms with Crippen molar-refractivity contribution in [2.45, 2.75) is 58.5 Å². The van der Waals surface area contributed by atoms with Gasteiger partial charge in [0.1, 0.15) is 0 Å². The normalized spacial score (nSPS) is 16.7. The number of amides is 1. The van der Waals surface area contributed by atoms with Crippen molar-refractivity contribution in [3.63, 3.8) is 0 Å². The molecular formula is C19H26N4O. The van der Waals surface area contributed by atoms with E-state index in [0.29, 0.717) is 6.04 Å². The van der Waals surface area contributed by atoms with Gasteiger partial charge >= 0.3 is 0 Å². The Kier molecular flexibility index (Phi) is 4.43. The summed E-state index contributed by atoms with van der Waals surface area (Å²) in [5.41, 5.74) is 4.01. The Morgan fingerprint density at radius 3 is 2.50 bits per heavy atom. The molecule has 2 atom stereocenters. The Morgan fingerprint density at radius 2 is 2.00 bits per heavy atom. The van der Waals surface area contributed by atoms with Crippen molar-refractivity contribution >= 4 is 5.91 Å². The van der Waals surface area contributed by atoms with E-state index in [1.165, 1.54) is 0 Å². The quantitative estimate of drug-likeness (QED) is 0.847. The maximum Gasteiger partial charge on any atom is 0.230 e. The van der Waals surface area contributed by atoms with E-state index in [1.54, 1.807) is 6.20 Å². The van der Waals surface area contributed by atoms with Gasteiger partial charge in [-0.2, -0.15) is 5.10 Å². The Bertz CT molecular complexity index is 733. The van der Waals surface area contributed by atoms with Crippen molar-refractivity contribution in [3.05, 3.63) is 47.0 Å². The summed E-state index contributed by atoms with van der Waals surface area (Å²) in [4.78, 5) is 19.8. The summed E-state index contributed by atoms with van der Waals surface area (Å²) in [6, 6.07) is 6.22. The molecule has 0 unspecified atom stereocenters. The molecule has 1 amide bonds. The average Bonchev–Trinajstić information content (AvgIpc) is 3.36. The standard InChI is InChI=1S/C19H26N4O/c1-12(18-13(2)21-22(5)15(18)4)19(24)23(16-9-10-16)14(3)17-8-6-7-11-20-17/h6-8,11-12,14,16H,9-10H2,1-5H3/t12-,14+/m0/s1. The van der Waals surface area contributed by atoms with Crippen LogP contribution in [0.5, 0.6) is 0 Å². The highest BCUT2D eigenvalue weighted by Crippen LogP contribution is 2.37. The Morgan fingerprint density at radius 1 is 1.29 bits per heavy atom. The third kappa shape index (κ3) is 2.95. The molecule has 0 radical (unpaired) electrons. The summed E-state index contributed by atoms with van der Waals surface area (Å²) in [5.74, 6) is -0.0136. The van der Waals surface area contributed by atoms with Crippen molar-refractivity contribution in [2.24, 2.45) is 7.05 Å². The molecule has 0 spiro atoms. The molecule has 0 N–H and O–H groups in total. The van der Waals surface area contributed by atoms with Crippen molar-refractivity contribution < 1.29 is 4.79 Å². The number of aryl methyl sites for hydroxylation is 2. The van der Waals surface area contributed by atoms with Gasteiger partial charge in [-0.05, 0) is 52.7 Å². The molecule has 2 heterocycles. The monoisotopic (exact) mass is 326 g/mol. The zero-order chi connectivity index (χ0) is 17.4. The number of pyridine rings is 1. The molecule has 0 bridgehead atoms. The lowest BCUT2D eigenvalue weighted by atomic mass is 9.96. The molecular weight excluding hydrogens is 300 g/mol. The topological polar surface area (TPSA) is 51.0 Å². The van der Waals surface area contributed by atoms with Crippen LogP contribution in [0.4, 0.5) is 0 Å². The predicted octanol–water partition coefficient (Wildman–Crippen LogP) is 3.29. The number of nitrogens with zero attached hydrogens (tertiary/aromatic N) is 4. The molecule has 1 aliphatic carbocycles. The maximum atomic E-state index is 13.3. The van der Waals surface area contributed by atoms with Crippen LogP contribution in [-0.2, 0) is 11.8 Å². The molecule has 2 aromatic rings. The summed E-state index contributed by atoms with van der Waals surface area (Å²) in [6.45, 7) is 8.09. The highest BCUT2D eigenvalue weighted by atomic mass is 16.2. The van der Waals surface area contributed by atoms with Gasteiger partial charge in [0.15, 0.2) is 0 Å². The van der Waals surface area contributed by atoms with Gasteiger partial charge in [0.2, 0.25) is 5.91 Å². The molecule has 0 aliphatic heterocycles. The van der Waals surface area contributed by atoms with E-state index in [9.17, 15) is 4.79 Å². The number of carbonyl (C=O) groups excluding carboxylic acids is 1. The van der Waals surface area contributed by atoms with E-state index in [2.05, 4.69) is 17.0 Å². The molecule has 128 valence electrons.